The van der Waals surface area contributed by atoms with E-state index in [1.807, 2.05) is 6.07 Å². The molecule has 3 heteroatoms. The van der Waals surface area contributed by atoms with Gasteiger partial charge in [0.25, 0.3) is 0 Å². The molecule has 0 spiro atoms. The molecule has 0 radical (unpaired) electrons. The number of nitrogen functional groups attached to an aromatic ring is 1. The SMILES string of the molecule is Cc1ccc(NN)c2c1CC(C)O2. The summed E-state index contributed by atoms with van der Waals surface area (Å²) in [4.78, 5) is 0. The van der Waals surface area contributed by atoms with Crippen molar-refractivity contribution in [1.29, 1.82) is 0 Å². The van der Waals surface area contributed by atoms with Crippen LogP contribution in [0.3, 0.4) is 0 Å². The van der Waals surface area contributed by atoms with Crippen molar-refractivity contribution in [1.82, 2.24) is 0 Å². The standard InChI is InChI=1S/C10H14N2O/c1-6-3-4-9(12-11)10-8(6)5-7(2)13-10/h3-4,7,12H,5,11H2,1-2H3. The average Bonchev–Trinajstić information content (AvgIpc) is 2.48. The van der Waals surface area contributed by atoms with Crippen molar-refractivity contribution in [2.24, 2.45) is 5.84 Å². The summed E-state index contributed by atoms with van der Waals surface area (Å²) in [6.07, 6.45) is 1.25. The van der Waals surface area contributed by atoms with Crippen LogP contribution in [0.15, 0.2) is 12.1 Å². The molecule has 1 aromatic rings. The third kappa shape index (κ3) is 1.25. The number of nitrogens with two attached hydrogens (primary N) is 1. The summed E-state index contributed by atoms with van der Waals surface area (Å²) in [5.41, 5.74) is 6.09. The molecule has 0 fully saturated rings. The summed E-state index contributed by atoms with van der Waals surface area (Å²) in [5, 5.41) is 0. The first-order chi connectivity index (χ1) is 6.22. The van der Waals surface area contributed by atoms with Gasteiger partial charge in [-0.3, -0.25) is 5.84 Å². The zero-order valence-electron chi connectivity index (χ0n) is 7.92. The number of anilines is 1. The fourth-order valence-corrected chi connectivity index (χ4v) is 1.76. The highest BCUT2D eigenvalue weighted by molar-refractivity contribution is 5.63. The minimum atomic E-state index is 0.267. The summed E-state index contributed by atoms with van der Waals surface area (Å²) >= 11 is 0. The molecule has 0 saturated carbocycles. The maximum Gasteiger partial charge on any atom is 0.147 e. The predicted molar refractivity (Wildman–Crippen MR) is 52.8 cm³/mol. The monoisotopic (exact) mass is 178 g/mol. The summed E-state index contributed by atoms with van der Waals surface area (Å²) in [5.74, 6) is 6.31. The topological polar surface area (TPSA) is 47.3 Å². The molecule has 0 aromatic heterocycles. The minimum Gasteiger partial charge on any atom is -0.488 e. The van der Waals surface area contributed by atoms with Crippen molar-refractivity contribution in [3.8, 4) is 5.75 Å². The normalized spacial score (nSPS) is 19.5. The van der Waals surface area contributed by atoms with E-state index in [2.05, 4.69) is 25.3 Å². The fourth-order valence-electron chi connectivity index (χ4n) is 1.76. The molecule has 0 aliphatic carbocycles. The largest absolute Gasteiger partial charge is 0.488 e. The van der Waals surface area contributed by atoms with Crippen LogP contribution in [-0.4, -0.2) is 6.10 Å². The summed E-state index contributed by atoms with van der Waals surface area (Å²) < 4.78 is 5.67. The van der Waals surface area contributed by atoms with E-state index in [-0.39, 0.29) is 6.10 Å². The second-order valence-corrected chi connectivity index (χ2v) is 3.51. The lowest BCUT2D eigenvalue weighted by Crippen LogP contribution is -2.09. The molecular weight excluding hydrogens is 164 g/mol. The van der Waals surface area contributed by atoms with E-state index in [0.29, 0.717) is 0 Å². The molecule has 1 aliphatic heterocycles. The third-order valence-electron chi connectivity index (χ3n) is 2.46. The summed E-state index contributed by atoms with van der Waals surface area (Å²) in [6.45, 7) is 4.17. The molecule has 13 heavy (non-hydrogen) atoms. The molecule has 3 N–H and O–H groups in total. The van der Waals surface area contributed by atoms with E-state index in [1.165, 1.54) is 11.1 Å². The first-order valence-electron chi connectivity index (χ1n) is 4.48. The van der Waals surface area contributed by atoms with E-state index in [4.69, 9.17) is 10.6 Å². The van der Waals surface area contributed by atoms with Crippen LogP contribution in [0.5, 0.6) is 5.75 Å². The maximum absolute atomic E-state index is 5.67. The number of aryl methyl sites for hydroxylation is 1. The maximum atomic E-state index is 5.67. The van der Waals surface area contributed by atoms with Crippen LogP contribution in [0.2, 0.25) is 0 Å². The first-order valence-corrected chi connectivity index (χ1v) is 4.48. The van der Waals surface area contributed by atoms with E-state index in [0.717, 1.165) is 17.9 Å². The molecule has 0 amide bonds. The van der Waals surface area contributed by atoms with E-state index < -0.39 is 0 Å². The molecule has 2 rings (SSSR count). The molecule has 1 aliphatic rings. The Morgan fingerprint density at radius 2 is 2.31 bits per heavy atom. The second kappa shape index (κ2) is 2.92. The lowest BCUT2D eigenvalue weighted by molar-refractivity contribution is 0.255. The number of nitrogens with one attached hydrogen (secondary N) is 1. The Kier molecular flexibility index (Phi) is 1.88. The zero-order chi connectivity index (χ0) is 9.42. The molecule has 1 atom stereocenters. The molecular formula is C10H14N2O. The molecule has 3 nitrogen and oxygen atoms in total. The lowest BCUT2D eigenvalue weighted by atomic mass is 10.0. The Balaban J connectivity index is 2.52. The van der Waals surface area contributed by atoms with Crippen LogP contribution < -0.4 is 16.0 Å². The van der Waals surface area contributed by atoms with Crippen molar-refractivity contribution in [2.45, 2.75) is 26.4 Å². The predicted octanol–water partition coefficient (Wildman–Crippen LogP) is 1.60. The summed E-state index contributed by atoms with van der Waals surface area (Å²) in [7, 11) is 0. The van der Waals surface area contributed by atoms with Crippen molar-refractivity contribution < 1.29 is 4.74 Å². The van der Waals surface area contributed by atoms with Crippen LogP contribution in [-0.2, 0) is 6.42 Å². The highest BCUT2D eigenvalue weighted by atomic mass is 16.5. The van der Waals surface area contributed by atoms with Gasteiger partial charge >= 0.3 is 0 Å². The van der Waals surface area contributed by atoms with Crippen LogP contribution in [0, 0.1) is 6.92 Å². The first kappa shape index (κ1) is 8.38. The number of hydrazine groups is 1. The molecule has 1 heterocycles. The lowest BCUT2D eigenvalue weighted by Gasteiger charge is -2.09. The molecule has 1 unspecified atom stereocenters. The van der Waals surface area contributed by atoms with Gasteiger partial charge in [0.1, 0.15) is 11.9 Å². The highest BCUT2D eigenvalue weighted by Gasteiger charge is 2.23. The molecule has 0 saturated heterocycles. The highest BCUT2D eigenvalue weighted by Crippen LogP contribution is 2.37. The smallest absolute Gasteiger partial charge is 0.147 e. The van der Waals surface area contributed by atoms with Crippen molar-refractivity contribution in [3.63, 3.8) is 0 Å². The van der Waals surface area contributed by atoms with Gasteiger partial charge in [-0.1, -0.05) is 6.07 Å². The molecule has 0 bridgehead atoms. The van der Waals surface area contributed by atoms with Crippen LogP contribution in [0.25, 0.3) is 0 Å². The number of ether oxygens (including phenoxy) is 1. The van der Waals surface area contributed by atoms with Crippen LogP contribution >= 0.6 is 0 Å². The van der Waals surface area contributed by atoms with Crippen molar-refractivity contribution in [2.75, 3.05) is 5.43 Å². The quantitative estimate of drug-likeness (QED) is 0.507. The van der Waals surface area contributed by atoms with Gasteiger partial charge in [-0.2, -0.15) is 0 Å². The van der Waals surface area contributed by atoms with Gasteiger partial charge in [-0.15, -0.1) is 0 Å². The van der Waals surface area contributed by atoms with Gasteiger partial charge in [0.2, 0.25) is 0 Å². The molecule has 1 aromatic carbocycles. The Morgan fingerprint density at radius 1 is 1.54 bits per heavy atom. The van der Waals surface area contributed by atoms with Gasteiger partial charge in [0.15, 0.2) is 0 Å². The van der Waals surface area contributed by atoms with Gasteiger partial charge in [-0.05, 0) is 25.5 Å². The Morgan fingerprint density at radius 3 is 3.00 bits per heavy atom. The van der Waals surface area contributed by atoms with Crippen molar-refractivity contribution in [3.05, 3.63) is 23.3 Å². The average molecular weight is 178 g/mol. The van der Waals surface area contributed by atoms with Gasteiger partial charge in [0.05, 0.1) is 5.69 Å². The Labute approximate surface area is 77.9 Å². The molecule has 70 valence electrons. The summed E-state index contributed by atoms with van der Waals surface area (Å²) in [6, 6.07) is 4.02. The van der Waals surface area contributed by atoms with E-state index in [9.17, 15) is 0 Å². The van der Waals surface area contributed by atoms with Gasteiger partial charge in [-0.25, -0.2) is 0 Å². The van der Waals surface area contributed by atoms with E-state index in [1.54, 1.807) is 0 Å². The number of rotatable bonds is 1. The second-order valence-electron chi connectivity index (χ2n) is 3.51. The fraction of sp³-hybridized carbons (Fsp3) is 0.400. The van der Waals surface area contributed by atoms with Gasteiger partial charge < -0.3 is 10.2 Å². The third-order valence-corrected chi connectivity index (χ3v) is 2.46. The van der Waals surface area contributed by atoms with Crippen LogP contribution in [0.4, 0.5) is 5.69 Å². The number of hydrogen-bond acceptors (Lipinski definition) is 3. The zero-order valence-corrected chi connectivity index (χ0v) is 7.92. The van der Waals surface area contributed by atoms with Crippen molar-refractivity contribution >= 4 is 5.69 Å². The Hall–Kier alpha value is -1.22. The Bertz CT molecular complexity index is 336. The van der Waals surface area contributed by atoms with Crippen LogP contribution in [0.1, 0.15) is 18.1 Å². The number of benzene rings is 1. The van der Waals surface area contributed by atoms with Gasteiger partial charge in [0, 0.05) is 12.0 Å². The minimum absolute atomic E-state index is 0.267. The number of hydrogen-bond donors (Lipinski definition) is 2. The number of fused-ring (bicyclic) bond motifs is 1. The van der Waals surface area contributed by atoms with E-state index >= 15 is 0 Å².